The highest BCUT2D eigenvalue weighted by Crippen LogP contribution is 2.32. The lowest BCUT2D eigenvalue weighted by Crippen LogP contribution is -2.58. The number of halogens is 2. The molecule has 1 aromatic rings. The molecule has 3 N–H and O–H groups in total. The highest BCUT2D eigenvalue weighted by Gasteiger charge is 2.38. The Kier molecular flexibility index (Phi) is 4.84. The first kappa shape index (κ1) is 16.2. The highest BCUT2D eigenvalue weighted by atomic mass is 35.5. The fraction of sp³-hybridized carbons (Fsp3) is 0.467. The Morgan fingerprint density at radius 3 is 2.62 bits per heavy atom. The first-order valence-corrected chi connectivity index (χ1v) is 7.70. The molecule has 21 heavy (non-hydrogen) atoms. The first-order chi connectivity index (χ1) is 9.84. The molecule has 0 aliphatic heterocycles. The standard InChI is InChI=1S/C15H18ClFN2OS/c1-9-4-6-15(7-5-9,14(18)21)19-13(20)11-3-2-10(16)8-12(11)17/h2-3,8-9H,4-7H2,1H3,(H2,18,21)(H,19,20). The lowest BCUT2D eigenvalue weighted by Gasteiger charge is -2.39. The molecule has 0 aromatic heterocycles. The van der Waals surface area contributed by atoms with Crippen LogP contribution >= 0.6 is 23.8 Å². The van der Waals surface area contributed by atoms with Gasteiger partial charge in [0.1, 0.15) is 5.82 Å². The van der Waals surface area contributed by atoms with Gasteiger partial charge in [0.25, 0.3) is 5.91 Å². The van der Waals surface area contributed by atoms with Crippen LogP contribution in [0, 0.1) is 11.7 Å². The molecule has 1 saturated carbocycles. The van der Waals surface area contributed by atoms with Crippen LogP contribution in [0.3, 0.4) is 0 Å². The Morgan fingerprint density at radius 1 is 1.48 bits per heavy atom. The molecule has 0 radical (unpaired) electrons. The van der Waals surface area contributed by atoms with E-state index in [0.29, 0.717) is 18.8 Å². The van der Waals surface area contributed by atoms with E-state index in [1.165, 1.54) is 12.1 Å². The molecular formula is C15H18ClFN2OS. The van der Waals surface area contributed by atoms with Gasteiger partial charge in [-0.1, -0.05) is 30.7 Å². The molecule has 0 unspecified atom stereocenters. The molecule has 0 saturated heterocycles. The molecule has 2 rings (SSSR count). The lowest BCUT2D eigenvalue weighted by atomic mass is 9.77. The highest BCUT2D eigenvalue weighted by molar-refractivity contribution is 7.80. The van der Waals surface area contributed by atoms with Crippen LogP contribution in [0.15, 0.2) is 18.2 Å². The number of benzene rings is 1. The second kappa shape index (κ2) is 6.28. The third kappa shape index (κ3) is 3.52. The zero-order chi connectivity index (χ0) is 15.6. The predicted molar refractivity (Wildman–Crippen MR) is 86.0 cm³/mol. The maximum absolute atomic E-state index is 13.8. The van der Waals surface area contributed by atoms with Crippen molar-refractivity contribution in [1.29, 1.82) is 0 Å². The van der Waals surface area contributed by atoms with Crippen LogP contribution in [0.4, 0.5) is 4.39 Å². The van der Waals surface area contributed by atoms with E-state index >= 15 is 0 Å². The molecule has 1 fully saturated rings. The van der Waals surface area contributed by atoms with Crippen LogP contribution in [0.5, 0.6) is 0 Å². The minimum atomic E-state index is -0.717. The molecule has 1 aromatic carbocycles. The molecular weight excluding hydrogens is 311 g/mol. The fourth-order valence-corrected chi connectivity index (χ4v) is 3.06. The summed E-state index contributed by atoms with van der Waals surface area (Å²) in [5, 5.41) is 3.09. The van der Waals surface area contributed by atoms with Crippen LogP contribution < -0.4 is 11.1 Å². The van der Waals surface area contributed by atoms with Crippen LogP contribution in [-0.2, 0) is 0 Å². The Hall–Kier alpha value is -1.20. The molecule has 1 aliphatic carbocycles. The summed E-state index contributed by atoms with van der Waals surface area (Å²) in [6.45, 7) is 2.16. The average molecular weight is 329 g/mol. The van der Waals surface area contributed by atoms with Gasteiger partial charge in [-0.2, -0.15) is 0 Å². The number of hydrogen-bond acceptors (Lipinski definition) is 2. The summed E-state index contributed by atoms with van der Waals surface area (Å²) < 4.78 is 13.8. The van der Waals surface area contributed by atoms with E-state index in [9.17, 15) is 9.18 Å². The van der Waals surface area contributed by atoms with Crippen molar-refractivity contribution in [2.45, 2.75) is 38.1 Å². The maximum Gasteiger partial charge on any atom is 0.255 e. The van der Waals surface area contributed by atoms with E-state index in [2.05, 4.69) is 12.2 Å². The smallest absolute Gasteiger partial charge is 0.255 e. The number of amides is 1. The SMILES string of the molecule is CC1CCC(NC(=O)c2ccc(Cl)cc2F)(C(N)=S)CC1. The fourth-order valence-electron chi connectivity index (χ4n) is 2.65. The number of hydrogen-bond donors (Lipinski definition) is 2. The molecule has 6 heteroatoms. The summed E-state index contributed by atoms with van der Waals surface area (Å²) >= 11 is 10.8. The van der Waals surface area contributed by atoms with Crippen molar-refractivity contribution in [2.75, 3.05) is 0 Å². The second-order valence-corrected chi connectivity index (χ2v) is 6.58. The topological polar surface area (TPSA) is 55.1 Å². The zero-order valence-electron chi connectivity index (χ0n) is 11.8. The van der Waals surface area contributed by atoms with Crippen LogP contribution in [0.25, 0.3) is 0 Å². The Bertz CT molecular complexity index is 571. The van der Waals surface area contributed by atoms with Crippen molar-refractivity contribution in [2.24, 2.45) is 11.7 Å². The van der Waals surface area contributed by atoms with Gasteiger partial charge in [-0.05, 0) is 49.8 Å². The molecule has 0 spiro atoms. The van der Waals surface area contributed by atoms with E-state index in [1.54, 1.807) is 0 Å². The molecule has 0 heterocycles. The molecule has 3 nitrogen and oxygen atoms in total. The monoisotopic (exact) mass is 328 g/mol. The summed E-state index contributed by atoms with van der Waals surface area (Å²) in [5.41, 5.74) is 5.07. The number of nitrogens with two attached hydrogens (primary N) is 1. The van der Waals surface area contributed by atoms with Crippen molar-refractivity contribution < 1.29 is 9.18 Å². The largest absolute Gasteiger partial charge is 0.391 e. The van der Waals surface area contributed by atoms with Gasteiger partial charge in [0.2, 0.25) is 0 Å². The number of rotatable bonds is 3. The summed E-state index contributed by atoms with van der Waals surface area (Å²) in [7, 11) is 0. The van der Waals surface area contributed by atoms with Gasteiger partial charge < -0.3 is 11.1 Å². The van der Waals surface area contributed by atoms with Crippen LogP contribution in [0.2, 0.25) is 5.02 Å². The zero-order valence-corrected chi connectivity index (χ0v) is 13.4. The van der Waals surface area contributed by atoms with Gasteiger partial charge in [0.05, 0.1) is 16.1 Å². The lowest BCUT2D eigenvalue weighted by molar-refractivity contribution is 0.0896. The summed E-state index contributed by atoms with van der Waals surface area (Å²) in [4.78, 5) is 12.6. The van der Waals surface area contributed by atoms with Crippen LogP contribution in [0.1, 0.15) is 43.0 Å². The number of thiocarbonyl (C=S) groups is 1. The van der Waals surface area contributed by atoms with E-state index in [4.69, 9.17) is 29.6 Å². The minimum Gasteiger partial charge on any atom is -0.391 e. The van der Waals surface area contributed by atoms with E-state index in [0.717, 1.165) is 18.9 Å². The normalized spacial score (nSPS) is 25.4. The van der Waals surface area contributed by atoms with Crippen molar-refractivity contribution in [3.63, 3.8) is 0 Å². The summed E-state index contributed by atoms with van der Waals surface area (Å²) in [6, 6.07) is 3.97. The summed E-state index contributed by atoms with van der Waals surface area (Å²) in [5.74, 6) is -0.578. The Morgan fingerprint density at radius 2 is 2.10 bits per heavy atom. The Balaban J connectivity index is 2.21. The van der Waals surface area contributed by atoms with Gasteiger partial charge in [-0.25, -0.2) is 4.39 Å². The third-order valence-corrected chi connectivity index (χ3v) is 4.75. The molecule has 0 bridgehead atoms. The first-order valence-electron chi connectivity index (χ1n) is 6.91. The van der Waals surface area contributed by atoms with Crippen molar-refractivity contribution in [3.05, 3.63) is 34.6 Å². The van der Waals surface area contributed by atoms with E-state index in [1.807, 2.05) is 0 Å². The van der Waals surface area contributed by atoms with Crippen molar-refractivity contribution in [1.82, 2.24) is 5.32 Å². The van der Waals surface area contributed by atoms with Gasteiger partial charge in [0.15, 0.2) is 0 Å². The maximum atomic E-state index is 13.8. The van der Waals surface area contributed by atoms with E-state index < -0.39 is 17.3 Å². The van der Waals surface area contributed by atoms with Gasteiger partial charge in [0, 0.05) is 5.02 Å². The summed E-state index contributed by atoms with van der Waals surface area (Å²) in [6.07, 6.45) is 3.23. The van der Waals surface area contributed by atoms with Crippen LogP contribution in [-0.4, -0.2) is 16.4 Å². The minimum absolute atomic E-state index is 0.0475. The van der Waals surface area contributed by atoms with Gasteiger partial charge in [-0.3, -0.25) is 4.79 Å². The van der Waals surface area contributed by atoms with E-state index in [-0.39, 0.29) is 15.6 Å². The van der Waals surface area contributed by atoms with Gasteiger partial charge in [-0.15, -0.1) is 0 Å². The molecule has 1 amide bonds. The number of carbonyl (C=O) groups is 1. The Labute approximate surface area is 134 Å². The average Bonchev–Trinajstić information content (AvgIpc) is 2.41. The third-order valence-electron chi connectivity index (χ3n) is 4.13. The quantitative estimate of drug-likeness (QED) is 0.836. The molecule has 114 valence electrons. The predicted octanol–water partition coefficient (Wildman–Crippen LogP) is 3.44. The molecule has 0 atom stereocenters. The van der Waals surface area contributed by atoms with Gasteiger partial charge >= 0.3 is 0 Å². The van der Waals surface area contributed by atoms with Crippen molar-refractivity contribution >= 4 is 34.7 Å². The van der Waals surface area contributed by atoms with Crippen molar-refractivity contribution in [3.8, 4) is 0 Å². The second-order valence-electron chi connectivity index (χ2n) is 5.71. The number of nitrogens with one attached hydrogen (secondary N) is 1. The number of carbonyl (C=O) groups excluding carboxylic acids is 1. The molecule has 1 aliphatic rings.